The standard InChI is InChI=1S/C17H19N7O2/c25-15(20-10-13-8-14-11-19-6-7-24(14)22-13)3-4-16-21-17(23-26-16)12-2-1-5-18-9-12/h1-2,5,8-9,19H,3-4,6-7,10-11H2,(H,20,25). The number of amides is 1. The zero-order valence-electron chi connectivity index (χ0n) is 14.2. The molecule has 0 saturated heterocycles. The number of nitrogens with zero attached hydrogens (tertiary/aromatic N) is 5. The van der Waals surface area contributed by atoms with Crippen LogP contribution in [0.3, 0.4) is 0 Å². The molecule has 0 fully saturated rings. The summed E-state index contributed by atoms with van der Waals surface area (Å²) in [6.07, 6.45) is 4.02. The van der Waals surface area contributed by atoms with Crippen LogP contribution in [0.4, 0.5) is 0 Å². The van der Waals surface area contributed by atoms with E-state index in [2.05, 4.69) is 30.9 Å². The van der Waals surface area contributed by atoms with E-state index in [1.165, 1.54) is 0 Å². The van der Waals surface area contributed by atoms with Crippen LogP contribution in [0.2, 0.25) is 0 Å². The Bertz CT molecular complexity index is 864. The van der Waals surface area contributed by atoms with E-state index in [-0.39, 0.29) is 12.3 Å². The number of hydrogen-bond acceptors (Lipinski definition) is 7. The molecule has 0 unspecified atom stereocenters. The Hall–Kier alpha value is -3.07. The zero-order chi connectivity index (χ0) is 17.8. The minimum atomic E-state index is -0.0739. The predicted molar refractivity (Wildman–Crippen MR) is 91.6 cm³/mol. The zero-order valence-corrected chi connectivity index (χ0v) is 14.2. The summed E-state index contributed by atoms with van der Waals surface area (Å²) in [4.78, 5) is 20.4. The highest BCUT2D eigenvalue weighted by Crippen LogP contribution is 2.14. The number of aryl methyl sites for hydroxylation is 1. The van der Waals surface area contributed by atoms with Gasteiger partial charge in [0.1, 0.15) is 0 Å². The molecule has 1 aliphatic heterocycles. The number of aromatic nitrogens is 5. The number of carbonyl (C=O) groups excluding carboxylic acids is 1. The lowest BCUT2D eigenvalue weighted by atomic mass is 10.2. The van der Waals surface area contributed by atoms with Gasteiger partial charge in [-0.1, -0.05) is 5.16 Å². The number of pyridine rings is 1. The summed E-state index contributed by atoms with van der Waals surface area (Å²) in [5.74, 6) is 0.837. The fourth-order valence-corrected chi connectivity index (χ4v) is 2.81. The van der Waals surface area contributed by atoms with E-state index in [1.54, 1.807) is 12.4 Å². The lowest BCUT2D eigenvalue weighted by Crippen LogP contribution is -2.28. The molecule has 0 aromatic carbocycles. The minimum Gasteiger partial charge on any atom is -0.350 e. The lowest BCUT2D eigenvalue weighted by Gasteiger charge is -2.13. The highest BCUT2D eigenvalue weighted by atomic mass is 16.5. The van der Waals surface area contributed by atoms with Crippen molar-refractivity contribution in [1.29, 1.82) is 0 Å². The van der Waals surface area contributed by atoms with E-state index < -0.39 is 0 Å². The summed E-state index contributed by atoms with van der Waals surface area (Å²) in [6, 6.07) is 5.68. The van der Waals surface area contributed by atoms with Crippen LogP contribution in [0.5, 0.6) is 0 Å². The van der Waals surface area contributed by atoms with Crippen LogP contribution in [0.1, 0.15) is 23.7 Å². The molecule has 0 aliphatic carbocycles. The van der Waals surface area contributed by atoms with Crippen LogP contribution in [0.15, 0.2) is 35.1 Å². The summed E-state index contributed by atoms with van der Waals surface area (Å²) in [5, 5.41) is 14.6. The number of hydrogen-bond donors (Lipinski definition) is 2. The Kier molecular flexibility index (Phi) is 4.69. The van der Waals surface area contributed by atoms with Crippen molar-refractivity contribution in [3.05, 3.63) is 47.9 Å². The summed E-state index contributed by atoms with van der Waals surface area (Å²) in [5.41, 5.74) is 2.80. The molecule has 0 spiro atoms. The first-order valence-electron chi connectivity index (χ1n) is 8.54. The molecule has 0 saturated carbocycles. The number of fused-ring (bicyclic) bond motifs is 1. The normalized spacial score (nSPS) is 13.4. The van der Waals surface area contributed by atoms with E-state index in [0.29, 0.717) is 24.7 Å². The van der Waals surface area contributed by atoms with Crippen LogP contribution in [-0.2, 0) is 30.8 Å². The first kappa shape index (κ1) is 16.4. The van der Waals surface area contributed by atoms with Gasteiger partial charge in [0.2, 0.25) is 17.6 Å². The van der Waals surface area contributed by atoms with Crippen molar-refractivity contribution < 1.29 is 9.32 Å². The van der Waals surface area contributed by atoms with Gasteiger partial charge in [0.05, 0.1) is 24.5 Å². The fraction of sp³-hybridized carbons (Fsp3) is 0.353. The molecule has 0 radical (unpaired) electrons. The van der Waals surface area contributed by atoms with Gasteiger partial charge < -0.3 is 15.2 Å². The van der Waals surface area contributed by atoms with Crippen LogP contribution in [0, 0.1) is 0 Å². The van der Waals surface area contributed by atoms with Crippen molar-refractivity contribution >= 4 is 5.91 Å². The first-order chi connectivity index (χ1) is 12.8. The van der Waals surface area contributed by atoms with Gasteiger partial charge in [-0.15, -0.1) is 0 Å². The van der Waals surface area contributed by atoms with Crippen molar-refractivity contribution in [3.8, 4) is 11.4 Å². The average Bonchev–Trinajstić information content (AvgIpc) is 3.32. The van der Waals surface area contributed by atoms with Gasteiger partial charge in [-0.05, 0) is 18.2 Å². The molecular weight excluding hydrogens is 334 g/mol. The third-order valence-corrected chi connectivity index (χ3v) is 4.14. The maximum Gasteiger partial charge on any atom is 0.227 e. The largest absolute Gasteiger partial charge is 0.350 e. The van der Waals surface area contributed by atoms with Crippen LogP contribution in [0.25, 0.3) is 11.4 Å². The second-order valence-electron chi connectivity index (χ2n) is 6.06. The number of carbonyl (C=O) groups is 1. The highest BCUT2D eigenvalue weighted by Gasteiger charge is 2.13. The molecule has 4 heterocycles. The quantitative estimate of drug-likeness (QED) is 0.670. The summed E-state index contributed by atoms with van der Waals surface area (Å²) < 4.78 is 7.18. The van der Waals surface area contributed by atoms with Gasteiger partial charge in [0, 0.05) is 43.9 Å². The second-order valence-corrected chi connectivity index (χ2v) is 6.06. The Morgan fingerprint density at radius 1 is 1.42 bits per heavy atom. The first-order valence-corrected chi connectivity index (χ1v) is 8.54. The van der Waals surface area contributed by atoms with E-state index in [9.17, 15) is 4.79 Å². The van der Waals surface area contributed by atoms with Gasteiger partial charge in [-0.25, -0.2) is 0 Å². The van der Waals surface area contributed by atoms with Crippen molar-refractivity contribution in [2.75, 3.05) is 6.54 Å². The third-order valence-electron chi connectivity index (χ3n) is 4.14. The number of rotatable bonds is 6. The Balaban J connectivity index is 1.26. The molecule has 3 aromatic rings. The third kappa shape index (κ3) is 3.77. The van der Waals surface area contributed by atoms with E-state index >= 15 is 0 Å². The smallest absolute Gasteiger partial charge is 0.227 e. The Morgan fingerprint density at radius 2 is 2.38 bits per heavy atom. The fourth-order valence-electron chi connectivity index (χ4n) is 2.81. The molecule has 1 aliphatic rings. The van der Waals surface area contributed by atoms with Gasteiger partial charge in [0.15, 0.2) is 0 Å². The van der Waals surface area contributed by atoms with Crippen LogP contribution < -0.4 is 10.6 Å². The summed E-state index contributed by atoms with van der Waals surface area (Å²) in [6.45, 7) is 3.02. The topological polar surface area (TPSA) is 111 Å². The molecule has 26 heavy (non-hydrogen) atoms. The van der Waals surface area contributed by atoms with E-state index in [1.807, 2.05) is 22.9 Å². The van der Waals surface area contributed by atoms with Crippen LogP contribution in [-0.4, -0.2) is 37.4 Å². The van der Waals surface area contributed by atoms with Gasteiger partial charge in [-0.3, -0.25) is 14.5 Å². The summed E-state index contributed by atoms with van der Waals surface area (Å²) in [7, 11) is 0. The van der Waals surface area contributed by atoms with Crippen molar-refractivity contribution in [1.82, 2.24) is 35.5 Å². The molecular formula is C17H19N7O2. The Morgan fingerprint density at radius 3 is 3.23 bits per heavy atom. The molecule has 134 valence electrons. The second kappa shape index (κ2) is 7.44. The average molecular weight is 353 g/mol. The maximum absolute atomic E-state index is 12.1. The van der Waals surface area contributed by atoms with E-state index in [4.69, 9.17) is 4.52 Å². The number of nitrogens with one attached hydrogen (secondary N) is 2. The molecule has 2 N–H and O–H groups in total. The lowest BCUT2D eigenvalue weighted by molar-refractivity contribution is -0.121. The minimum absolute atomic E-state index is 0.0739. The van der Waals surface area contributed by atoms with Gasteiger partial charge in [0.25, 0.3) is 0 Å². The monoisotopic (exact) mass is 353 g/mol. The molecule has 9 nitrogen and oxygen atoms in total. The van der Waals surface area contributed by atoms with Crippen molar-refractivity contribution in [2.45, 2.75) is 32.5 Å². The van der Waals surface area contributed by atoms with Crippen molar-refractivity contribution in [2.24, 2.45) is 0 Å². The van der Waals surface area contributed by atoms with Gasteiger partial charge >= 0.3 is 0 Å². The van der Waals surface area contributed by atoms with Gasteiger partial charge in [-0.2, -0.15) is 10.1 Å². The SMILES string of the molecule is O=C(CCc1nc(-c2cccnc2)no1)NCc1cc2n(n1)CCNC2. The molecule has 1 amide bonds. The van der Waals surface area contributed by atoms with Crippen LogP contribution >= 0.6 is 0 Å². The molecule has 0 atom stereocenters. The predicted octanol–water partition coefficient (Wildman–Crippen LogP) is 0.680. The van der Waals surface area contributed by atoms with E-state index in [0.717, 1.165) is 36.6 Å². The highest BCUT2D eigenvalue weighted by molar-refractivity contribution is 5.75. The molecule has 3 aromatic heterocycles. The summed E-state index contributed by atoms with van der Waals surface area (Å²) >= 11 is 0. The Labute approximate surface area is 149 Å². The molecule has 9 heteroatoms. The van der Waals surface area contributed by atoms with Crippen molar-refractivity contribution in [3.63, 3.8) is 0 Å². The molecule has 0 bridgehead atoms. The maximum atomic E-state index is 12.1. The molecule has 4 rings (SSSR count).